The Morgan fingerprint density at radius 3 is 1.78 bits per heavy atom. The van der Waals surface area contributed by atoms with Crippen LogP contribution in [-0.4, -0.2) is 10.2 Å². The van der Waals surface area contributed by atoms with Crippen LogP contribution in [0.4, 0.5) is 5.69 Å². The number of hydrogen-bond donors (Lipinski definition) is 3. The van der Waals surface area contributed by atoms with Crippen LogP contribution in [0.3, 0.4) is 0 Å². The first kappa shape index (κ1) is 17.2. The van der Waals surface area contributed by atoms with Crippen molar-refractivity contribution in [1.29, 1.82) is 0 Å². The van der Waals surface area contributed by atoms with E-state index in [1.165, 1.54) is 16.6 Å². The summed E-state index contributed by atoms with van der Waals surface area (Å²) in [6, 6.07) is 16.3. The fourth-order valence-electron chi connectivity index (χ4n) is 3.16. The molecule has 1 heterocycles. The Morgan fingerprint density at radius 1 is 0.826 bits per heavy atom. The van der Waals surface area contributed by atoms with Gasteiger partial charge in [-0.05, 0) is 47.1 Å². The molecule has 0 atom stereocenters. The number of aromatic amines is 2. The molecular weight excluding hydrogens is 282 g/mol. The summed E-state index contributed by atoms with van der Waals surface area (Å²) in [5.74, 6) is 0. The van der Waals surface area contributed by atoms with E-state index in [0.717, 1.165) is 12.1 Å². The third-order valence-electron chi connectivity index (χ3n) is 3.90. The monoisotopic (exact) mass is 311 g/mol. The first-order valence-corrected chi connectivity index (χ1v) is 8.14. The maximum atomic E-state index is 5.82. The highest BCUT2D eigenvalue weighted by molar-refractivity contribution is 5.75. The number of aromatic nitrogens is 2. The summed E-state index contributed by atoms with van der Waals surface area (Å²) in [4.78, 5) is 0. The average molecular weight is 311 g/mol. The molecule has 3 heteroatoms. The van der Waals surface area contributed by atoms with Gasteiger partial charge in [-0.3, -0.25) is 10.2 Å². The van der Waals surface area contributed by atoms with Crippen molar-refractivity contribution >= 4 is 16.7 Å². The van der Waals surface area contributed by atoms with Crippen molar-refractivity contribution in [2.45, 2.75) is 46.5 Å². The Labute approximate surface area is 139 Å². The van der Waals surface area contributed by atoms with E-state index in [9.17, 15) is 0 Å². The standard InChI is InChI=1S/C14H23N.C6H6N2/c1-13(2,3)10-14(4,5)11-7-6-8-12(15)9-11;1-2-4-6-5(3-1)7-8-6/h6-9H,10,15H2,1-5H3;1-4,7-8H. The molecule has 3 nitrogen and oxygen atoms in total. The van der Waals surface area contributed by atoms with E-state index in [0.29, 0.717) is 5.41 Å². The van der Waals surface area contributed by atoms with Gasteiger partial charge in [-0.15, -0.1) is 0 Å². The number of para-hydroxylation sites is 2. The summed E-state index contributed by atoms with van der Waals surface area (Å²) < 4.78 is 0. The molecule has 0 aliphatic carbocycles. The van der Waals surface area contributed by atoms with E-state index in [4.69, 9.17) is 5.73 Å². The Bertz CT molecular complexity index is 711. The summed E-state index contributed by atoms with van der Waals surface area (Å²) in [6.45, 7) is 11.4. The number of nitrogens with one attached hydrogen (secondary N) is 2. The quantitative estimate of drug-likeness (QED) is 0.539. The molecule has 0 spiro atoms. The van der Waals surface area contributed by atoms with Crippen LogP contribution in [0.15, 0.2) is 48.5 Å². The second-order valence-electron chi connectivity index (χ2n) is 8.04. The van der Waals surface area contributed by atoms with E-state index in [1.54, 1.807) is 0 Å². The van der Waals surface area contributed by atoms with Gasteiger partial charge in [-0.2, -0.15) is 0 Å². The molecule has 0 radical (unpaired) electrons. The van der Waals surface area contributed by atoms with Crippen molar-refractivity contribution in [1.82, 2.24) is 10.2 Å². The van der Waals surface area contributed by atoms with Gasteiger partial charge >= 0.3 is 0 Å². The van der Waals surface area contributed by atoms with Crippen molar-refractivity contribution in [3.8, 4) is 0 Å². The van der Waals surface area contributed by atoms with E-state index in [-0.39, 0.29) is 5.41 Å². The van der Waals surface area contributed by atoms with Gasteiger partial charge in [-0.1, -0.05) is 58.9 Å². The third-order valence-corrected chi connectivity index (χ3v) is 3.90. The van der Waals surface area contributed by atoms with Gasteiger partial charge in [-0.25, -0.2) is 0 Å². The van der Waals surface area contributed by atoms with Gasteiger partial charge in [0.25, 0.3) is 0 Å². The first-order chi connectivity index (χ1) is 10.7. The van der Waals surface area contributed by atoms with E-state index in [2.05, 4.69) is 56.9 Å². The molecule has 0 saturated carbocycles. The molecule has 0 aliphatic heterocycles. The number of anilines is 1. The lowest BCUT2D eigenvalue weighted by molar-refractivity contribution is 0.284. The zero-order chi connectivity index (χ0) is 17.1. The highest BCUT2D eigenvalue weighted by Gasteiger charge is 2.27. The van der Waals surface area contributed by atoms with Crippen LogP contribution < -0.4 is 5.73 Å². The van der Waals surface area contributed by atoms with Crippen molar-refractivity contribution in [2.24, 2.45) is 5.41 Å². The second-order valence-corrected chi connectivity index (χ2v) is 8.04. The van der Waals surface area contributed by atoms with Gasteiger partial charge in [0, 0.05) is 5.69 Å². The van der Waals surface area contributed by atoms with E-state index in [1.807, 2.05) is 36.4 Å². The van der Waals surface area contributed by atoms with Gasteiger partial charge in [0.1, 0.15) is 0 Å². The fraction of sp³-hybridized carbons (Fsp3) is 0.400. The van der Waals surface area contributed by atoms with E-state index < -0.39 is 0 Å². The molecular formula is C20H29N3. The summed E-state index contributed by atoms with van der Waals surface area (Å²) in [5.41, 5.74) is 10.9. The van der Waals surface area contributed by atoms with Crippen LogP contribution >= 0.6 is 0 Å². The molecule has 2 aromatic carbocycles. The molecule has 0 fully saturated rings. The normalized spacial score (nSPS) is 12.0. The SMILES string of the molecule is CC(C)(C)CC(C)(C)c1cccc(N)c1.c1ccc2[nH][nH]c2c1. The van der Waals surface area contributed by atoms with Crippen LogP contribution in [-0.2, 0) is 5.41 Å². The first-order valence-electron chi connectivity index (χ1n) is 8.14. The number of benzene rings is 2. The number of nitrogen functional groups attached to an aromatic ring is 1. The van der Waals surface area contributed by atoms with E-state index >= 15 is 0 Å². The minimum atomic E-state index is 0.188. The summed E-state index contributed by atoms with van der Waals surface area (Å²) in [6.07, 6.45) is 1.16. The Morgan fingerprint density at radius 2 is 1.39 bits per heavy atom. The summed E-state index contributed by atoms with van der Waals surface area (Å²) in [7, 11) is 0. The summed E-state index contributed by atoms with van der Waals surface area (Å²) >= 11 is 0. The molecule has 0 bridgehead atoms. The topological polar surface area (TPSA) is 57.6 Å². The Kier molecular flexibility index (Phi) is 4.88. The van der Waals surface area contributed by atoms with Gasteiger partial charge < -0.3 is 5.73 Å². The zero-order valence-corrected chi connectivity index (χ0v) is 14.9. The molecule has 1 aromatic heterocycles. The van der Waals surface area contributed by atoms with Crippen LogP contribution in [0.1, 0.15) is 46.6 Å². The van der Waals surface area contributed by atoms with Gasteiger partial charge in [0.2, 0.25) is 0 Å². The average Bonchev–Trinajstić information content (AvgIpc) is 2.38. The number of hydrogen-bond acceptors (Lipinski definition) is 1. The van der Waals surface area contributed by atoms with Crippen molar-refractivity contribution in [3.05, 3.63) is 54.1 Å². The van der Waals surface area contributed by atoms with Crippen molar-refractivity contribution < 1.29 is 0 Å². The lowest BCUT2D eigenvalue weighted by atomic mass is 9.72. The van der Waals surface area contributed by atoms with Crippen molar-refractivity contribution in [2.75, 3.05) is 5.73 Å². The van der Waals surface area contributed by atoms with Crippen LogP contribution in [0.5, 0.6) is 0 Å². The molecule has 0 unspecified atom stereocenters. The fourth-order valence-corrected chi connectivity index (χ4v) is 3.16. The molecule has 0 aliphatic rings. The second kappa shape index (κ2) is 6.53. The lowest BCUT2D eigenvalue weighted by Gasteiger charge is -2.33. The number of nitrogens with two attached hydrogens (primary N) is 1. The number of fused-ring (bicyclic) bond motifs is 1. The van der Waals surface area contributed by atoms with Crippen LogP contribution in [0, 0.1) is 5.41 Å². The summed E-state index contributed by atoms with van der Waals surface area (Å²) in [5, 5.41) is 5.88. The predicted molar refractivity (Wildman–Crippen MR) is 101 cm³/mol. The third kappa shape index (κ3) is 4.92. The highest BCUT2D eigenvalue weighted by Crippen LogP contribution is 2.36. The molecule has 4 N–H and O–H groups in total. The highest BCUT2D eigenvalue weighted by atomic mass is 15.1. The van der Waals surface area contributed by atoms with Gasteiger partial charge in [0.15, 0.2) is 0 Å². The van der Waals surface area contributed by atoms with Gasteiger partial charge in [0.05, 0.1) is 11.0 Å². The predicted octanol–water partition coefficient (Wildman–Crippen LogP) is 5.48. The zero-order valence-electron chi connectivity index (χ0n) is 14.9. The lowest BCUT2D eigenvalue weighted by Crippen LogP contribution is -2.24. The van der Waals surface area contributed by atoms with Crippen LogP contribution in [0.2, 0.25) is 0 Å². The molecule has 124 valence electrons. The minimum absolute atomic E-state index is 0.188. The van der Waals surface area contributed by atoms with Crippen LogP contribution in [0.25, 0.3) is 11.0 Å². The number of H-pyrrole nitrogens is 2. The Hall–Kier alpha value is -2.16. The molecule has 23 heavy (non-hydrogen) atoms. The largest absolute Gasteiger partial charge is 0.399 e. The molecule has 0 amide bonds. The van der Waals surface area contributed by atoms with Crippen molar-refractivity contribution in [3.63, 3.8) is 0 Å². The maximum absolute atomic E-state index is 5.82. The maximum Gasteiger partial charge on any atom is 0.0789 e. The minimum Gasteiger partial charge on any atom is -0.399 e. The molecule has 3 rings (SSSR count). The number of rotatable bonds is 2. The smallest absolute Gasteiger partial charge is 0.0789 e. The Balaban J connectivity index is 0.000000198. The molecule has 3 aromatic rings. The molecule has 0 saturated heterocycles.